The normalized spacial score (nSPS) is 11.5. The standard InChI is InChI=1S/C8H8N4O2S/c1-15(13,14)12-8(9-10-11-12)7-5-3-2-4-6-7/h2-6H,1H3. The lowest BCUT2D eigenvalue weighted by atomic mass is 10.2. The lowest BCUT2D eigenvalue weighted by Crippen LogP contribution is -2.13. The maximum Gasteiger partial charge on any atom is 0.254 e. The van der Waals surface area contributed by atoms with Crippen LogP contribution in [0.1, 0.15) is 0 Å². The van der Waals surface area contributed by atoms with Crippen LogP contribution in [-0.4, -0.2) is 34.3 Å². The summed E-state index contributed by atoms with van der Waals surface area (Å²) in [6.45, 7) is 0. The van der Waals surface area contributed by atoms with E-state index in [1.54, 1.807) is 24.3 Å². The summed E-state index contributed by atoms with van der Waals surface area (Å²) < 4.78 is 23.4. The monoisotopic (exact) mass is 224 g/mol. The molecule has 2 rings (SSSR count). The number of hydrogen-bond acceptors (Lipinski definition) is 5. The van der Waals surface area contributed by atoms with E-state index in [4.69, 9.17) is 0 Å². The third kappa shape index (κ3) is 1.86. The molecule has 0 fully saturated rings. The van der Waals surface area contributed by atoms with Crippen LogP contribution >= 0.6 is 0 Å². The second-order valence-corrected chi connectivity index (χ2v) is 4.79. The number of tetrazole rings is 1. The number of hydrogen-bond donors (Lipinski definition) is 0. The number of rotatable bonds is 2. The fourth-order valence-electron chi connectivity index (χ4n) is 1.16. The SMILES string of the molecule is CS(=O)(=O)n1nnnc1-c1ccccc1. The highest BCUT2D eigenvalue weighted by molar-refractivity contribution is 7.89. The molecule has 0 aliphatic heterocycles. The molecule has 15 heavy (non-hydrogen) atoms. The average molecular weight is 224 g/mol. The lowest BCUT2D eigenvalue weighted by Gasteiger charge is -2.00. The van der Waals surface area contributed by atoms with E-state index in [1.165, 1.54) is 0 Å². The van der Waals surface area contributed by atoms with E-state index in [0.29, 0.717) is 5.56 Å². The Labute approximate surface area is 86.6 Å². The van der Waals surface area contributed by atoms with Crippen molar-refractivity contribution in [2.24, 2.45) is 0 Å². The highest BCUT2D eigenvalue weighted by atomic mass is 32.2. The van der Waals surface area contributed by atoms with E-state index in [1.807, 2.05) is 6.07 Å². The summed E-state index contributed by atoms with van der Waals surface area (Å²) in [5.74, 6) is 0.220. The van der Waals surface area contributed by atoms with Gasteiger partial charge in [0, 0.05) is 5.56 Å². The van der Waals surface area contributed by atoms with Crippen molar-refractivity contribution in [2.75, 3.05) is 6.26 Å². The zero-order valence-electron chi connectivity index (χ0n) is 7.90. The third-order valence-corrected chi connectivity index (χ3v) is 2.66. The Hall–Kier alpha value is -1.76. The van der Waals surface area contributed by atoms with Crippen LogP contribution < -0.4 is 0 Å². The van der Waals surface area contributed by atoms with Gasteiger partial charge in [0.05, 0.1) is 6.26 Å². The highest BCUT2D eigenvalue weighted by Gasteiger charge is 2.15. The van der Waals surface area contributed by atoms with Crippen LogP contribution in [0.4, 0.5) is 0 Å². The molecule has 1 heterocycles. The van der Waals surface area contributed by atoms with Crippen LogP contribution in [0.5, 0.6) is 0 Å². The van der Waals surface area contributed by atoms with E-state index < -0.39 is 10.0 Å². The molecule has 0 amide bonds. The Kier molecular flexibility index (Phi) is 2.24. The van der Waals surface area contributed by atoms with E-state index in [2.05, 4.69) is 15.5 Å². The fourth-order valence-corrected chi connectivity index (χ4v) is 1.78. The predicted octanol–water partition coefficient (Wildman–Crippen LogP) is 0.148. The molecule has 0 radical (unpaired) electrons. The van der Waals surface area contributed by atoms with Crippen molar-refractivity contribution in [2.45, 2.75) is 0 Å². The zero-order chi connectivity index (χ0) is 10.9. The Morgan fingerprint density at radius 1 is 1.20 bits per heavy atom. The number of nitrogens with zero attached hydrogens (tertiary/aromatic N) is 4. The molecule has 0 spiro atoms. The lowest BCUT2D eigenvalue weighted by molar-refractivity contribution is 0.584. The first-order chi connectivity index (χ1) is 7.09. The van der Waals surface area contributed by atoms with Gasteiger partial charge in [-0.3, -0.25) is 0 Å². The molecule has 0 N–H and O–H groups in total. The summed E-state index contributed by atoms with van der Waals surface area (Å²) in [5, 5.41) is 10.5. The molecule has 6 nitrogen and oxygen atoms in total. The minimum atomic E-state index is -3.46. The van der Waals surface area contributed by atoms with E-state index >= 15 is 0 Å². The van der Waals surface area contributed by atoms with Gasteiger partial charge in [-0.2, -0.15) is 0 Å². The first-order valence-corrected chi connectivity index (χ1v) is 5.98. The van der Waals surface area contributed by atoms with E-state index in [9.17, 15) is 8.42 Å². The van der Waals surface area contributed by atoms with Gasteiger partial charge in [-0.05, 0) is 10.4 Å². The summed E-state index contributed by atoms with van der Waals surface area (Å²) in [6.07, 6.45) is 1.05. The van der Waals surface area contributed by atoms with Crippen LogP contribution in [0, 0.1) is 0 Å². The summed E-state index contributed by atoms with van der Waals surface area (Å²) in [5.41, 5.74) is 0.660. The summed E-state index contributed by atoms with van der Waals surface area (Å²) in [7, 11) is -3.46. The Morgan fingerprint density at radius 3 is 2.47 bits per heavy atom. The van der Waals surface area contributed by atoms with Gasteiger partial charge in [0.25, 0.3) is 10.0 Å². The van der Waals surface area contributed by atoms with E-state index in [0.717, 1.165) is 10.3 Å². The van der Waals surface area contributed by atoms with Crippen molar-refractivity contribution in [3.8, 4) is 11.4 Å². The molecule has 0 atom stereocenters. The second-order valence-electron chi connectivity index (χ2n) is 2.97. The molecule has 2 aromatic rings. The van der Waals surface area contributed by atoms with Gasteiger partial charge in [0.1, 0.15) is 0 Å². The minimum Gasteiger partial charge on any atom is -0.205 e. The molecule has 1 aromatic heterocycles. The van der Waals surface area contributed by atoms with Crippen molar-refractivity contribution in [1.29, 1.82) is 0 Å². The van der Waals surface area contributed by atoms with Crippen molar-refractivity contribution in [3.63, 3.8) is 0 Å². The minimum absolute atomic E-state index is 0.220. The molecule has 0 bridgehead atoms. The largest absolute Gasteiger partial charge is 0.254 e. The molecular weight excluding hydrogens is 216 g/mol. The van der Waals surface area contributed by atoms with Crippen LogP contribution in [-0.2, 0) is 10.0 Å². The van der Waals surface area contributed by atoms with Crippen molar-refractivity contribution >= 4 is 10.0 Å². The quantitative estimate of drug-likeness (QED) is 0.725. The molecule has 0 saturated carbocycles. The number of benzene rings is 1. The maximum absolute atomic E-state index is 11.3. The maximum atomic E-state index is 11.3. The molecule has 0 aliphatic rings. The Bertz CT molecular complexity index is 561. The molecule has 1 aromatic carbocycles. The molecule has 0 unspecified atom stereocenters. The van der Waals surface area contributed by atoms with Gasteiger partial charge in [0.15, 0.2) is 5.82 Å². The van der Waals surface area contributed by atoms with E-state index in [-0.39, 0.29) is 5.82 Å². The van der Waals surface area contributed by atoms with Gasteiger partial charge < -0.3 is 0 Å². The van der Waals surface area contributed by atoms with Gasteiger partial charge in [-0.1, -0.05) is 30.3 Å². The van der Waals surface area contributed by atoms with Gasteiger partial charge in [-0.15, -0.1) is 9.19 Å². The van der Waals surface area contributed by atoms with Crippen molar-refractivity contribution in [1.82, 2.24) is 19.6 Å². The van der Waals surface area contributed by atoms with Crippen LogP contribution in [0.3, 0.4) is 0 Å². The Balaban J connectivity index is 2.61. The topological polar surface area (TPSA) is 77.7 Å². The molecule has 0 aliphatic carbocycles. The van der Waals surface area contributed by atoms with Crippen LogP contribution in [0.2, 0.25) is 0 Å². The van der Waals surface area contributed by atoms with Crippen molar-refractivity contribution in [3.05, 3.63) is 30.3 Å². The molecule has 0 saturated heterocycles. The first kappa shape index (κ1) is 9.78. The third-order valence-electron chi connectivity index (χ3n) is 1.79. The average Bonchev–Trinajstić information content (AvgIpc) is 2.67. The summed E-state index contributed by atoms with van der Waals surface area (Å²) in [6, 6.07) is 8.89. The first-order valence-electron chi connectivity index (χ1n) is 4.13. The van der Waals surface area contributed by atoms with Gasteiger partial charge in [-0.25, -0.2) is 8.42 Å². The second kappa shape index (κ2) is 3.43. The fraction of sp³-hybridized carbons (Fsp3) is 0.125. The van der Waals surface area contributed by atoms with Crippen LogP contribution in [0.25, 0.3) is 11.4 Å². The van der Waals surface area contributed by atoms with Crippen LogP contribution in [0.15, 0.2) is 30.3 Å². The van der Waals surface area contributed by atoms with Gasteiger partial charge in [0.2, 0.25) is 0 Å². The van der Waals surface area contributed by atoms with Gasteiger partial charge >= 0.3 is 0 Å². The molecular formula is C8H8N4O2S. The zero-order valence-corrected chi connectivity index (χ0v) is 8.72. The number of aromatic nitrogens is 4. The molecule has 7 heteroatoms. The Morgan fingerprint density at radius 2 is 1.87 bits per heavy atom. The highest BCUT2D eigenvalue weighted by Crippen LogP contribution is 2.15. The van der Waals surface area contributed by atoms with Crippen molar-refractivity contribution < 1.29 is 8.42 Å². The predicted molar refractivity (Wildman–Crippen MR) is 53.5 cm³/mol. The summed E-state index contributed by atoms with van der Waals surface area (Å²) >= 11 is 0. The smallest absolute Gasteiger partial charge is 0.205 e. The molecule has 78 valence electrons. The summed E-state index contributed by atoms with van der Waals surface area (Å²) in [4.78, 5) is 0.